The number of fused-ring (bicyclic) bond motifs is 1. The number of rotatable bonds is 2. The number of nitrogens with one attached hydrogen (secondary N) is 1. The standard InChI is InChI=1S/C7H10N4SSe2/c1-13-10-3-8-6-5(10)7(12)9-4-11(6)14-2/h3H,4H2,1-2H3,(H,9,12). The van der Waals surface area contributed by atoms with E-state index in [0.717, 1.165) is 23.2 Å². The molecule has 4 nitrogen and oxygen atoms in total. The van der Waals surface area contributed by atoms with Gasteiger partial charge in [0, 0.05) is 0 Å². The average Bonchev–Trinajstić information content (AvgIpc) is 2.63. The van der Waals surface area contributed by atoms with E-state index in [-0.39, 0.29) is 0 Å². The van der Waals surface area contributed by atoms with E-state index >= 15 is 0 Å². The molecule has 1 aliphatic rings. The van der Waals surface area contributed by atoms with Gasteiger partial charge < -0.3 is 0 Å². The molecule has 1 N–H and O–H groups in total. The van der Waals surface area contributed by atoms with Crippen LogP contribution in [0.25, 0.3) is 0 Å². The molecule has 0 spiro atoms. The maximum absolute atomic E-state index is 5.29. The van der Waals surface area contributed by atoms with Gasteiger partial charge in [-0.2, -0.15) is 0 Å². The molecular weight excluding hydrogens is 330 g/mol. The fraction of sp³-hybridized carbons (Fsp3) is 0.429. The Bertz CT molecular complexity index is 365. The molecule has 0 aliphatic carbocycles. The first kappa shape index (κ1) is 10.5. The number of anilines is 1. The Labute approximate surface area is 101 Å². The average molecular weight is 340 g/mol. The third-order valence-corrected chi connectivity index (χ3v) is 5.27. The quantitative estimate of drug-likeness (QED) is 0.612. The van der Waals surface area contributed by atoms with Crippen LogP contribution < -0.4 is 9.23 Å². The van der Waals surface area contributed by atoms with E-state index in [4.69, 9.17) is 12.2 Å². The first-order chi connectivity index (χ1) is 6.77. The van der Waals surface area contributed by atoms with Crippen LogP contribution in [0.3, 0.4) is 0 Å². The SMILES string of the molecule is C[Se]N1CNC(=S)c2c1ncn2[Se]C. The first-order valence-corrected chi connectivity index (χ1v) is 9.36. The van der Waals surface area contributed by atoms with E-state index in [1.165, 1.54) is 0 Å². The third kappa shape index (κ3) is 1.59. The number of hydrogen-bond acceptors (Lipinski definition) is 3. The zero-order valence-corrected chi connectivity index (χ0v) is 12.1. The van der Waals surface area contributed by atoms with Gasteiger partial charge in [-0.05, 0) is 0 Å². The van der Waals surface area contributed by atoms with Crippen molar-refractivity contribution in [3.05, 3.63) is 12.0 Å². The van der Waals surface area contributed by atoms with Crippen molar-refractivity contribution in [1.29, 1.82) is 0 Å². The molecule has 1 aromatic rings. The molecule has 1 aromatic heterocycles. The summed E-state index contributed by atoms with van der Waals surface area (Å²) in [7, 11) is 0. The second-order valence-electron chi connectivity index (χ2n) is 2.65. The van der Waals surface area contributed by atoms with Crippen molar-refractivity contribution in [2.45, 2.75) is 11.6 Å². The molecule has 0 saturated heterocycles. The zero-order chi connectivity index (χ0) is 10.1. The van der Waals surface area contributed by atoms with Crippen LogP contribution in [-0.2, 0) is 0 Å². The van der Waals surface area contributed by atoms with Crippen LogP contribution in [0.4, 0.5) is 5.82 Å². The van der Waals surface area contributed by atoms with Crippen molar-refractivity contribution < 1.29 is 0 Å². The third-order valence-electron chi connectivity index (χ3n) is 1.97. The Morgan fingerprint density at radius 2 is 2.29 bits per heavy atom. The van der Waals surface area contributed by atoms with E-state index in [0.29, 0.717) is 30.3 Å². The van der Waals surface area contributed by atoms with Gasteiger partial charge in [0.2, 0.25) is 0 Å². The first-order valence-electron chi connectivity index (χ1n) is 3.99. The van der Waals surface area contributed by atoms with E-state index in [1.54, 1.807) is 0 Å². The number of thiocarbonyl (C=S) groups is 1. The predicted octanol–water partition coefficient (Wildman–Crippen LogP) is 0.108. The summed E-state index contributed by atoms with van der Waals surface area (Å²) in [5.74, 6) is 5.40. The fourth-order valence-electron chi connectivity index (χ4n) is 1.30. The molecule has 0 aromatic carbocycles. The summed E-state index contributed by atoms with van der Waals surface area (Å²) < 4.78 is 4.40. The Hall–Kier alpha value is -0.0610. The van der Waals surface area contributed by atoms with Crippen molar-refractivity contribution in [2.75, 3.05) is 10.6 Å². The van der Waals surface area contributed by atoms with Crippen LogP contribution in [0.5, 0.6) is 0 Å². The Morgan fingerprint density at radius 1 is 1.50 bits per heavy atom. The van der Waals surface area contributed by atoms with Gasteiger partial charge in [-0.15, -0.1) is 0 Å². The van der Waals surface area contributed by atoms with Crippen molar-refractivity contribution in [1.82, 2.24) is 13.9 Å². The predicted molar refractivity (Wildman–Crippen MR) is 63.0 cm³/mol. The summed E-state index contributed by atoms with van der Waals surface area (Å²) in [4.78, 5) is 5.26. The molecule has 2 heterocycles. The van der Waals surface area contributed by atoms with Gasteiger partial charge in [0.05, 0.1) is 0 Å². The Morgan fingerprint density at radius 3 is 2.93 bits per heavy atom. The zero-order valence-electron chi connectivity index (χ0n) is 7.85. The van der Waals surface area contributed by atoms with Gasteiger partial charge in [0.1, 0.15) is 0 Å². The minimum atomic E-state index is 0.385. The summed E-state index contributed by atoms with van der Waals surface area (Å²) in [5, 5.41) is 3.22. The van der Waals surface area contributed by atoms with Crippen molar-refractivity contribution in [3.8, 4) is 0 Å². The molecule has 76 valence electrons. The van der Waals surface area contributed by atoms with Crippen LogP contribution in [-0.4, -0.2) is 50.6 Å². The molecule has 0 atom stereocenters. The van der Waals surface area contributed by atoms with Gasteiger partial charge in [0.15, 0.2) is 0 Å². The van der Waals surface area contributed by atoms with Crippen LogP contribution >= 0.6 is 12.2 Å². The Balaban J connectivity index is 2.47. The molecule has 14 heavy (non-hydrogen) atoms. The fourth-order valence-corrected chi connectivity index (χ4v) is 3.78. The molecule has 2 rings (SSSR count). The van der Waals surface area contributed by atoms with Gasteiger partial charge in [-0.1, -0.05) is 0 Å². The van der Waals surface area contributed by atoms with E-state index in [9.17, 15) is 0 Å². The van der Waals surface area contributed by atoms with Crippen molar-refractivity contribution in [2.24, 2.45) is 0 Å². The van der Waals surface area contributed by atoms with Crippen molar-refractivity contribution >= 4 is 53.4 Å². The van der Waals surface area contributed by atoms with Crippen LogP contribution in [0.1, 0.15) is 5.69 Å². The van der Waals surface area contributed by atoms with Crippen molar-refractivity contribution in [3.63, 3.8) is 0 Å². The number of aromatic nitrogens is 2. The molecule has 1 aliphatic heterocycles. The second-order valence-corrected chi connectivity index (χ2v) is 6.34. The summed E-state index contributed by atoms with van der Waals surface area (Å²) in [5.41, 5.74) is 1.09. The van der Waals surface area contributed by atoms with E-state index in [2.05, 4.69) is 29.4 Å². The summed E-state index contributed by atoms with van der Waals surface area (Å²) in [6.07, 6.45) is 1.89. The summed E-state index contributed by atoms with van der Waals surface area (Å²) >= 11 is 6.10. The monoisotopic (exact) mass is 342 g/mol. The topological polar surface area (TPSA) is 33.1 Å². The summed E-state index contributed by atoms with van der Waals surface area (Å²) in [6.45, 7) is 0.802. The number of nitrogens with zero attached hydrogens (tertiary/aromatic N) is 3. The number of imidazole rings is 1. The van der Waals surface area contributed by atoms with Gasteiger partial charge >= 0.3 is 102 Å². The second kappa shape index (κ2) is 4.21. The molecule has 0 amide bonds. The molecule has 0 fully saturated rings. The Kier molecular flexibility index (Phi) is 3.14. The van der Waals surface area contributed by atoms with E-state index < -0.39 is 0 Å². The molecule has 0 saturated carbocycles. The number of hydrogen-bond donors (Lipinski definition) is 1. The minimum absolute atomic E-state index is 0.385. The molecule has 0 bridgehead atoms. The molecular formula is C7H10N4SSe2. The molecule has 0 unspecified atom stereocenters. The molecule has 0 radical (unpaired) electrons. The van der Waals surface area contributed by atoms with Gasteiger partial charge in [-0.3, -0.25) is 0 Å². The summed E-state index contributed by atoms with van der Waals surface area (Å²) in [6, 6.07) is 0. The molecule has 7 heteroatoms. The normalized spacial score (nSPS) is 15.3. The van der Waals surface area contributed by atoms with Gasteiger partial charge in [-0.25, -0.2) is 0 Å². The maximum atomic E-state index is 5.29. The van der Waals surface area contributed by atoms with Gasteiger partial charge in [0.25, 0.3) is 0 Å². The van der Waals surface area contributed by atoms with Crippen LogP contribution in [0, 0.1) is 0 Å². The van der Waals surface area contributed by atoms with Crippen LogP contribution in [0.2, 0.25) is 11.6 Å². The van der Waals surface area contributed by atoms with Crippen LogP contribution in [0.15, 0.2) is 6.33 Å². The van der Waals surface area contributed by atoms with E-state index in [1.807, 2.05) is 6.33 Å².